The van der Waals surface area contributed by atoms with E-state index >= 15 is 0 Å². The van der Waals surface area contributed by atoms with Crippen molar-refractivity contribution in [2.24, 2.45) is 0 Å². The molecule has 2 nitrogen and oxygen atoms in total. The third kappa shape index (κ3) is 1.63. The van der Waals surface area contributed by atoms with Gasteiger partial charge in [0, 0.05) is 8.96 Å². The van der Waals surface area contributed by atoms with E-state index in [0.717, 1.165) is 3.57 Å². The summed E-state index contributed by atoms with van der Waals surface area (Å²) in [4.78, 5) is 0. The van der Waals surface area contributed by atoms with Gasteiger partial charge in [0.1, 0.15) is 5.52 Å². The Balaban J connectivity index is 2.94. The Morgan fingerprint density at radius 3 is 2.69 bits per heavy atom. The summed E-state index contributed by atoms with van der Waals surface area (Å²) in [5.74, 6) is -0.288. The molecule has 0 spiro atoms. The van der Waals surface area contributed by atoms with Gasteiger partial charge in [-0.3, -0.25) is 0 Å². The molecule has 0 aliphatic carbocycles. The molecule has 1 aromatic heterocycles. The van der Waals surface area contributed by atoms with Crippen molar-refractivity contribution >= 4 is 56.1 Å². The first-order valence-electron chi connectivity index (χ1n) is 3.46. The maximum atomic E-state index is 13.5. The van der Waals surface area contributed by atoms with Gasteiger partial charge >= 0.3 is 0 Å². The van der Waals surface area contributed by atoms with Gasteiger partial charge in [-0.2, -0.15) is 0 Å². The molecular weight excluding hydrogens is 397 g/mol. The predicted octanol–water partition coefficient (Wildman–Crippen LogP) is 2.98. The Kier molecular flexibility index (Phi) is 2.63. The fourth-order valence-electron chi connectivity index (χ4n) is 1.04. The molecule has 0 aliphatic heterocycles. The second kappa shape index (κ2) is 3.60. The number of fused-ring (bicyclic) bond motifs is 1. The van der Waals surface area contributed by atoms with E-state index in [1.807, 2.05) is 34.7 Å². The predicted molar refractivity (Wildman–Crippen MR) is 64.9 cm³/mol. The first kappa shape index (κ1) is 9.50. The fraction of sp³-hybridized carbons (Fsp3) is 0. The molecule has 5 heteroatoms. The molecule has 0 aliphatic rings. The lowest BCUT2D eigenvalue weighted by Gasteiger charge is -2.00. The summed E-state index contributed by atoms with van der Waals surface area (Å²) in [6.07, 6.45) is 0. The van der Waals surface area contributed by atoms with Crippen LogP contribution in [-0.2, 0) is 0 Å². The number of hydrogen-bond acceptors (Lipinski definition) is 2. The van der Waals surface area contributed by atoms with Crippen LogP contribution in [0.1, 0.15) is 0 Å². The van der Waals surface area contributed by atoms with Gasteiger partial charge in [0.05, 0.1) is 0 Å². The van der Waals surface area contributed by atoms with Gasteiger partial charge < -0.3 is 0 Å². The van der Waals surface area contributed by atoms with Crippen molar-refractivity contribution in [3.63, 3.8) is 0 Å². The SMILES string of the molecule is Fc1c(I)nnc2c(I)cccc12. The molecule has 1 aromatic carbocycles. The molecule has 0 radical (unpaired) electrons. The molecule has 0 amide bonds. The smallest absolute Gasteiger partial charge is 0.166 e. The van der Waals surface area contributed by atoms with Crippen LogP contribution in [0.5, 0.6) is 0 Å². The molecule has 0 atom stereocenters. The highest BCUT2D eigenvalue weighted by molar-refractivity contribution is 14.1. The fourth-order valence-corrected chi connectivity index (χ4v) is 2.05. The van der Waals surface area contributed by atoms with Crippen molar-refractivity contribution in [1.82, 2.24) is 10.2 Å². The number of benzene rings is 1. The summed E-state index contributed by atoms with van der Waals surface area (Å²) >= 11 is 3.95. The summed E-state index contributed by atoms with van der Waals surface area (Å²) in [5, 5.41) is 8.19. The molecule has 0 unspecified atom stereocenters. The second-order valence-electron chi connectivity index (χ2n) is 2.44. The molecule has 2 aromatic rings. The second-order valence-corrected chi connectivity index (χ2v) is 4.62. The molecule has 0 N–H and O–H groups in total. The van der Waals surface area contributed by atoms with Crippen molar-refractivity contribution < 1.29 is 4.39 Å². The van der Waals surface area contributed by atoms with Crippen LogP contribution in [0.15, 0.2) is 18.2 Å². The summed E-state index contributed by atoms with van der Waals surface area (Å²) in [7, 11) is 0. The normalized spacial score (nSPS) is 10.7. The average molecular weight is 400 g/mol. The van der Waals surface area contributed by atoms with E-state index < -0.39 is 0 Å². The topological polar surface area (TPSA) is 25.8 Å². The van der Waals surface area contributed by atoms with Gasteiger partial charge in [0.25, 0.3) is 0 Å². The van der Waals surface area contributed by atoms with Gasteiger partial charge in [-0.1, -0.05) is 6.07 Å². The number of hydrogen-bond donors (Lipinski definition) is 0. The van der Waals surface area contributed by atoms with Crippen LogP contribution in [-0.4, -0.2) is 10.2 Å². The Morgan fingerprint density at radius 1 is 1.15 bits per heavy atom. The van der Waals surface area contributed by atoms with Crippen molar-refractivity contribution in [2.75, 3.05) is 0 Å². The van der Waals surface area contributed by atoms with Crippen LogP contribution in [0.25, 0.3) is 10.9 Å². The first-order valence-corrected chi connectivity index (χ1v) is 5.62. The van der Waals surface area contributed by atoms with Crippen molar-refractivity contribution in [3.05, 3.63) is 31.3 Å². The lowest BCUT2D eigenvalue weighted by Crippen LogP contribution is -1.95. The summed E-state index contributed by atoms with van der Waals surface area (Å²) in [6, 6.07) is 5.40. The Bertz CT molecular complexity index is 473. The number of aromatic nitrogens is 2. The average Bonchev–Trinajstić information content (AvgIpc) is 2.12. The van der Waals surface area contributed by atoms with E-state index in [9.17, 15) is 4.39 Å². The van der Waals surface area contributed by atoms with Gasteiger partial charge in [0.15, 0.2) is 9.52 Å². The van der Waals surface area contributed by atoms with Crippen LogP contribution in [0.2, 0.25) is 0 Å². The highest BCUT2D eigenvalue weighted by Crippen LogP contribution is 2.22. The molecule has 0 saturated carbocycles. The quantitative estimate of drug-likeness (QED) is 0.636. The lowest BCUT2D eigenvalue weighted by atomic mass is 10.2. The van der Waals surface area contributed by atoms with Crippen LogP contribution in [0, 0.1) is 13.1 Å². The highest BCUT2D eigenvalue weighted by atomic mass is 127. The number of nitrogens with zero attached hydrogens (tertiary/aromatic N) is 2. The van der Waals surface area contributed by atoms with Crippen LogP contribution < -0.4 is 0 Å². The zero-order chi connectivity index (χ0) is 9.42. The van der Waals surface area contributed by atoms with Crippen LogP contribution in [0.3, 0.4) is 0 Å². The largest absolute Gasteiger partial charge is 0.203 e. The van der Waals surface area contributed by atoms with Gasteiger partial charge in [-0.05, 0) is 57.3 Å². The molecule has 13 heavy (non-hydrogen) atoms. The van der Waals surface area contributed by atoms with Crippen LogP contribution in [0.4, 0.5) is 4.39 Å². The van der Waals surface area contributed by atoms with Crippen molar-refractivity contribution in [3.8, 4) is 0 Å². The monoisotopic (exact) mass is 400 g/mol. The van der Waals surface area contributed by atoms with E-state index in [-0.39, 0.29) is 5.82 Å². The molecule has 0 saturated heterocycles. The minimum atomic E-state index is -0.288. The highest BCUT2D eigenvalue weighted by Gasteiger charge is 2.08. The third-order valence-electron chi connectivity index (χ3n) is 1.64. The maximum absolute atomic E-state index is 13.5. The molecule has 0 bridgehead atoms. The van der Waals surface area contributed by atoms with Crippen molar-refractivity contribution in [2.45, 2.75) is 0 Å². The van der Waals surface area contributed by atoms with Crippen molar-refractivity contribution in [1.29, 1.82) is 0 Å². The van der Waals surface area contributed by atoms with E-state index in [2.05, 4.69) is 32.8 Å². The molecule has 66 valence electrons. The minimum Gasteiger partial charge on any atom is -0.203 e. The van der Waals surface area contributed by atoms with E-state index in [4.69, 9.17) is 0 Å². The summed E-state index contributed by atoms with van der Waals surface area (Å²) in [5.41, 5.74) is 0.626. The zero-order valence-electron chi connectivity index (χ0n) is 6.26. The maximum Gasteiger partial charge on any atom is 0.166 e. The number of halogens is 3. The lowest BCUT2D eigenvalue weighted by molar-refractivity contribution is 0.619. The molecule has 1 heterocycles. The zero-order valence-corrected chi connectivity index (χ0v) is 10.6. The third-order valence-corrected chi connectivity index (χ3v) is 3.20. The standard InChI is InChI=1S/C8H3FI2N2/c9-6-4-2-1-3-5(10)7(4)12-13-8(6)11/h1-3H. The molecular formula is C8H3FI2N2. The number of rotatable bonds is 0. The Morgan fingerprint density at radius 2 is 1.92 bits per heavy atom. The summed E-state index contributed by atoms with van der Waals surface area (Å²) in [6.45, 7) is 0. The first-order chi connectivity index (χ1) is 6.20. The van der Waals surface area contributed by atoms with Gasteiger partial charge in [-0.25, -0.2) is 4.39 Å². The van der Waals surface area contributed by atoms with Gasteiger partial charge in [-0.15, -0.1) is 10.2 Å². The minimum absolute atomic E-state index is 0.288. The molecule has 0 fully saturated rings. The molecule has 2 rings (SSSR count). The van der Waals surface area contributed by atoms with E-state index in [1.54, 1.807) is 6.07 Å². The Labute approximate surface area is 101 Å². The summed E-state index contributed by atoms with van der Waals surface area (Å²) < 4.78 is 14.7. The Hall–Kier alpha value is -0.0500. The van der Waals surface area contributed by atoms with E-state index in [0.29, 0.717) is 14.6 Å². The van der Waals surface area contributed by atoms with Crippen LogP contribution >= 0.6 is 45.2 Å². The van der Waals surface area contributed by atoms with Gasteiger partial charge in [0.2, 0.25) is 0 Å². The van der Waals surface area contributed by atoms with E-state index in [1.165, 1.54) is 0 Å².